The lowest BCUT2D eigenvalue weighted by molar-refractivity contribution is -0.120. The van der Waals surface area contributed by atoms with Crippen LogP contribution in [0, 0.1) is 0 Å². The molecule has 144 valence electrons. The number of primary sulfonamides is 1. The minimum absolute atomic E-state index is 0.0375. The van der Waals surface area contributed by atoms with Gasteiger partial charge in [0, 0.05) is 12.1 Å². The monoisotopic (exact) mass is 391 g/mol. The molecule has 8 nitrogen and oxygen atoms in total. The first-order chi connectivity index (χ1) is 12.8. The summed E-state index contributed by atoms with van der Waals surface area (Å²) in [7, 11) is -2.21. The fraction of sp³-hybridized carbons (Fsp3) is 0.222. The lowest BCUT2D eigenvalue weighted by Gasteiger charge is -2.08. The van der Waals surface area contributed by atoms with Crippen LogP contribution in [0.25, 0.3) is 0 Å². The van der Waals surface area contributed by atoms with E-state index in [1.807, 2.05) is 0 Å². The van der Waals surface area contributed by atoms with Gasteiger partial charge >= 0.3 is 0 Å². The van der Waals surface area contributed by atoms with E-state index in [0.29, 0.717) is 24.3 Å². The molecule has 0 spiro atoms. The predicted molar refractivity (Wildman–Crippen MR) is 99.9 cm³/mol. The maximum Gasteiger partial charge on any atom is 0.251 e. The van der Waals surface area contributed by atoms with Crippen molar-refractivity contribution in [2.24, 2.45) is 5.14 Å². The second-order valence-electron chi connectivity index (χ2n) is 5.70. The summed E-state index contributed by atoms with van der Waals surface area (Å²) in [5.74, 6) is -0.143. The molecule has 0 heterocycles. The van der Waals surface area contributed by atoms with Gasteiger partial charge in [0.25, 0.3) is 5.91 Å². The molecule has 0 radical (unpaired) electrons. The van der Waals surface area contributed by atoms with E-state index in [1.165, 1.54) is 19.2 Å². The van der Waals surface area contributed by atoms with Gasteiger partial charge < -0.3 is 15.4 Å². The number of methoxy groups -OCH3 is 1. The van der Waals surface area contributed by atoms with Crippen LogP contribution in [-0.2, 0) is 21.2 Å². The normalized spacial score (nSPS) is 10.9. The predicted octanol–water partition coefficient (Wildman–Crippen LogP) is 0.431. The number of ether oxygens (including phenoxy) is 1. The molecule has 27 heavy (non-hydrogen) atoms. The fourth-order valence-electron chi connectivity index (χ4n) is 2.28. The minimum Gasteiger partial charge on any atom is -0.497 e. The van der Waals surface area contributed by atoms with Crippen LogP contribution in [0.5, 0.6) is 5.75 Å². The van der Waals surface area contributed by atoms with Crippen LogP contribution in [-0.4, -0.2) is 40.4 Å². The Labute approximate surface area is 157 Å². The Kier molecular flexibility index (Phi) is 6.91. The van der Waals surface area contributed by atoms with Crippen molar-refractivity contribution in [3.63, 3.8) is 0 Å². The Bertz CT molecular complexity index is 911. The number of benzene rings is 2. The molecule has 9 heteroatoms. The molecule has 0 fully saturated rings. The Morgan fingerprint density at radius 1 is 1.07 bits per heavy atom. The van der Waals surface area contributed by atoms with Crippen molar-refractivity contribution < 1.29 is 22.7 Å². The molecule has 2 rings (SSSR count). The molecule has 0 atom stereocenters. The molecule has 0 aromatic heterocycles. The van der Waals surface area contributed by atoms with Gasteiger partial charge in [-0.1, -0.05) is 18.2 Å². The molecule has 0 aliphatic carbocycles. The highest BCUT2D eigenvalue weighted by molar-refractivity contribution is 7.89. The zero-order valence-corrected chi connectivity index (χ0v) is 15.6. The van der Waals surface area contributed by atoms with Crippen LogP contribution in [0.4, 0.5) is 0 Å². The highest BCUT2D eigenvalue weighted by Gasteiger charge is 2.09. The molecule has 2 aromatic carbocycles. The SMILES string of the molecule is COc1cccc(C(=O)NCC(=O)NCCc2ccc(S(N)(=O)=O)cc2)c1. The lowest BCUT2D eigenvalue weighted by atomic mass is 10.1. The van der Waals surface area contributed by atoms with E-state index in [1.54, 1.807) is 36.4 Å². The highest BCUT2D eigenvalue weighted by atomic mass is 32.2. The molecule has 0 unspecified atom stereocenters. The molecular weight excluding hydrogens is 370 g/mol. The molecule has 4 N–H and O–H groups in total. The molecule has 0 saturated carbocycles. The standard InChI is InChI=1S/C18H21N3O5S/c1-26-15-4-2-3-14(11-15)18(23)21-12-17(22)20-10-9-13-5-7-16(8-6-13)27(19,24)25/h2-8,11H,9-10,12H2,1H3,(H,20,22)(H,21,23)(H2,19,24,25). The largest absolute Gasteiger partial charge is 0.497 e. The average molecular weight is 391 g/mol. The maximum absolute atomic E-state index is 12.0. The van der Waals surface area contributed by atoms with Gasteiger partial charge in [-0.15, -0.1) is 0 Å². The molecular formula is C18H21N3O5S. The Balaban J connectivity index is 1.75. The second kappa shape index (κ2) is 9.15. The summed E-state index contributed by atoms with van der Waals surface area (Å²) >= 11 is 0. The van der Waals surface area contributed by atoms with E-state index in [9.17, 15) is 18.0 Å². The third kappa shape index (κ3) is 6.39. The molecule has 2 amide bonds. The van der Waals surface area contributed by atoms with Crippen molar-refractivity contribution >= 4 is 21.8 Å². The highest BCUT2D eigenvalue weighted by Crippen LogP contribution is 2.12. The van der Waals surface area contributed by atoms with E-state index in [0.717, 1.165) is 5.56 Å². The first kappa shape index (κ1) is 20.4. The average Bonchev–Trinajstić information content (AvgIpc) is 2.66. The molecule has 0 aliphatic heterocycles. The van der Waals surface area contributed by atoms with Gasteiger partial charge in [0.1, 0.15) is 5.75 Å². The summed E-state index contributed by atoms with van der Waals surface area (Å²) in [5, 5.41) is 10.3. The quantitative estimate of drug-likeness (QED) is 0.601. The van der Waals surface area contributed by atoms with E-state index >= 15 is 0 Å². The Morgan fingerprint density at radius 3 is 2.41 bits per heavy atom. The number of hydrogen-bond donors (Lipinski definition) is 3. The van der Waals surface area contributed by atoms with E-state index < -0.39 is 10.0 Å². The van der Waals surface area contributed by atoms with E-state index in [4.69, 9.17) is 9.88 Å². The van der Waals surface area contributed by atoms with Gasteiger partial charge in [0.15, 0.2) is 0 Å². The third-order valence-electron chi connectivity index (χ3n) is 3.73. The number of sulfonamides is 1. The van der Waals surface area contributed by atoms with Gasteiger partial charge in [0.2, 0.25) is 15.9 Å². The van der Waals surface area contributed by atoms with Gasteiger partial charge in [-0.25, -0.2) is 13.6 Å². The first-order valence-electron chi connectivity index (χ1n) is 8.10. The van der Waals surface area contributed by atoms with E-state index in [2.05, 4.69) is 10.6 Å². The number of carbonyl (C=O) groups excluding carboxylic acids is 2. The zero-order chi connectivity index (χ0) is 19.9. The van der Waals surface area contributed by atoms with Crippen LogP contribution in [0.15, 0.2) is 53.4 Å². The van der Waals surface area contributed by atoms with Gasteiger partial charge in [-0.2, -0.15) is 0 Å². The zero-order valence-electron chi connectivity index (χ0n) is 14.8. The number of carbonyl (C=O) groups is 2. The summed E-state index contributed by atoms with van der Waals surface area (Å²) < 4.78 is 27.4. The minimum atomic E-state index is -3.71. The summed E-state index contributed by atoms with van der Waals surface area (Å²) in [5.41, 5.74) is 1.25. The van der Waals surface area contributed by atoms with Crippen molar-refractivity contribution in [1.82, 2.24) is 10.6 Å². The molecule has 2 aromatic rings. The lowest BCUT2D eigenvalue weighted by Crippen LogP contribution is -2.37. The van der Waals surface area contributed by atoms with Gasteiger partial charge in [-0.05, 0) is 42.3 Å². The van der Waals surface area contributed by atoms with Crippen molar-refractivity contribution in [1.29, 1.82) is 0 Å². The summed E-state index contributed by atoms with van der Waals surface area (Å²) in [4.78, 5) is 23.9. The van der Waals surface area contributed by atoms with Gasteiger partial charge in [-0.3, -0.25) is 9.59 Å². The maximum atomic E-state index is 12.0. The van der Waals surface area contributed by atoms with Crippen LogP contribution in [0.1, 0.15) is 15.9 Å². The van der Waals surface area contributed by atoms with Gasteiger partial charge in [0.05, 0.1) is 18.6 Å². The number of hydrogen-bond acceptors (Lipinski definition) is 5. The Morgan fingerprint density at radius 2 is 1.78 bits per heavy atom. The number of nitrogens with one attached hydrogen (secondary N) is 2. The summed E-state index contributed by atoms with van der Waals surface area (Å²) in [6, 6.07) is 12.7. The molecule has 0 bridgehead atoms. The topological polar surface area (TPSA) is 128 Å². The van der Waals surface area contributed by atoms with Crippen LogP contribution in [0.2, 0.25) is 0 Å². The number of rotatable bonds is 8. The van der Waals surface area contributed by atoms with Crippen molar-refractivity contribution in [2.75, 3.05) is 20.2 Å². The van der Waals surface area contributed by atoms with Crippen LogP contribution in [0.3, 0.4) is 0 Å². The summed E-state index contributed by atoms with van der Waals surface area (Å²) in [6.45, 7) is 0.197. The van der Waals surface area contributed by atoms with E-state index in [-0.39, 0.29) is 23.3 Å². The molecule has 0 aliphatic rings. The Hall–Kier alpha value is -2.91. The number of nitrogens with two attached hydrogens (primary N) is 1. The molecule has 0 saturated heterocycles. The van der Waals surface area contributed by atoms with Crippen molar-refractivity contribution in [3.05, 3.63) is 59.7 Å². The van der Waals surface area contributed by atoms with Crippen molar-refractivity contribution in [3.8, 4) is 5.75 Å². The van der Waals surface area contributed by atoms with Crippen molar-refractivity contribution in [2.45, 2.75) is 11.3 Å². The van der Waals surface area contributed by atoms with Crippen LogP contribution >= 0.6 is 0 Å². The second-order valence-corrected chi connectivity index (χ2v) is 7.26. The number of amides is 2. The first-order valence-corrected chi connectivity index (χ1v) is 9.65. The smallest absolute Gasteiger partial charge is 0.251 e. The summed E-state index contributed by atoms with van der Waals surface area (Å²) in [6.07, 6.45) is 0.514. The fourth-order valence-corrected chi connectivity index (χ4v) is 2.80. The van der Waals surface area contributed by atoms with Crippen LogP contribution < -0.4 is 20.5 Å². The third-order valence-corrected chi connectivity index (χ3v) is 4.66.